The molecule has 1 rings (SSSR count). The first-order valence-electron chi connectivity index (χ1n) is 6.74. The van der Waals surface area contributed by atoms with Crippen LogP contribution in [-0.2, 0) is 14.6 Å². The molecule has 1 unspecified atom stereocenters. The molecule has 0 aliphatic carbocycles. The van der Waals surface area contributed by atoms with E-state index in [-0.39, 0.29) is 22.7 Å². The maximum atomic E-state index is 12.0. The fourth-order valence-electron chi connectivity index (χ4n) is 1.71. The van der Waals surface area contributed by atoms with Crippen molar-refractivity contribution in [2.45, 2.75) is 44.7 Å². The molecule has 1 aromatic heterocycles. The van der Waals surface area contributed by atoms with Gasteiger partial charge in [-0.1, -0.05) is 20.8 Å². The Morgan fingerprint density at radius 1 is 1.32 bits per heavy atom. The molecule has 0 aliphatic rings. The number of amides is 1. The number of furan rings is 1. The zero-order valence-electron chi connectivity index (χ0n) is 13.0. The van der Waals surface area contributed by atoms with Crippen molar-refractivity contribution < 1.29 is 27.5 Å². The van der Waals surface area contributed by atoms with Crippen LogP contribution in [0.4, 0.5) is 0 Å². The van der Waals surface area contributed by atoms with Crippen molar-refractivity contribution in [3.63, 3.8) is 0 Å². The summed E-state index contributed by atoms with van der Waals surface area (Å²) in [7, 11) is -3.55. The molecule has 0 spiro atoms. The van der Waals surface area contributed by atoms with Crippen molar-refractivity contribution in [2.24, 2.45) is 5.41 Å². The van der Waals surface area contributed by atoms with Crippen LogP contribution in [0.25, 0.3) is 0 Å². The maximum Gasteiger partial charge on any atom is 0.326 e. The summed E-state index contributed by atoms with van der Waals surface area (Å²) in [5.74, 6) is -2.13. The third kappa shape index (κ3) is 5.51. The molecule has 124 valence electrons. The average molecular weight is 331 g/mol. The zero-order valence-corrected chi connectivity index (χ0v) is 13.9. The first kappa shape index (κ1) is 18.2. The monoisotopic (exact) mass is 331 g/mol. The number of aliphatic carboxylic acids is 1. The van der Waals surface area contributed by atoms with Gasteiger partial charge in [0.1, 0.15) is 6.04 Å². The first-order valence-corrected chi connectivity index (χ1v) is 8.63. The van der Waals surface area contributed by atoms with E-state index in [9.17, 15) is 18.0 Å². The fraction of sp³-hybridized carbons (Fsp3) is 0.571. The van der Waals surface area contributed by atoms with Crippen LogP contribution in [0.3, 0.4) is 0 Å². The van der Waals surface area contributed by atoms with Gasteiger partial charge in [0.2, 0.25) is 14.9 Å². The molecular formula is C14H21NO6S. The molecule has 1 aromatic rings. The van der Waals surface area contributed by atoms with Crippen LogP contribution in [0.1, 0.15) is 44.2 Å². The molecule has 0 saturated heterocycles. The first-order chi connectivity index (χ1) is 9.90. The van der Waals surface area contributed by atoms with E-state index in [4.69, 9.17) is 9.52 Å². The molecular weight excluding hydrogens is 310 g/mol. The second kappa shape index (κ2) is 6.51. The van der Waals surface area contributed by atoms with Gasteiger partial charge in [0.25, 0.3) is 5.91 Å². The third-order valence-corrected chi connectivity index (χ3v) is 3.91. The molecule has 0 radical (unpaired) electrons. The van der Waals surface area contributed by atoms with Crippen LogP contribution >= 0.6 is 0 Å². The number of carbonyl (C=O) groups is 2. The lowest BCUT2D eigenvalue weighted by atomic mass is 9.88. The predicted molar refractivity (Wildman–Crippen MR) is 79.4 cm³/mol. The van der Waals surface area contributed by atoms with E-state index in [1.165, 1.54) is 6.07 Å². The zero-order chi connectivity index (χ0) is 17.1. The number of carboxylic acids is 1. The number of hydrogen-bond donors (Lipinski definition) is 2. The van der Waals surface area contributed by atoms with E-state index in [1.807, 2.05) is 20.8 Å². The van der Waals surface area contributed by atoms with Crippen molar-refractivity contribution in [1.29, 1.82) is 0 Å². The van der Waals surface area contributed by atoms with Gasteiger partial charge in [-0.25, -0.2) is 13.2 Å². The molecule has 0 saturated carbocycles. The van der Waals surface area contributed by atoms with Gasteiger partial charge in [0, 0.05) is 6.26 Å². The fourth-order valence-corrected chi connectivity index (χ4v) is 2.26. The van der Waals surface area contributed by atoms with Crippen molar-refractivity contribution in [1.82, 2.24) is 5.32 Å². The van der Waals surface area contributed by atoms with E-state index in [0.29, 0.717) is 6.42 Å². The smallest absolute Gasteiger partial charge is 0.326 e. The standard InChI is InChI=1S/C14H21NO6S/c1-14(2,3)8-7-9(13(17)18)15-12(16)10-5-6-11(21-10)22(4,19)20/h5-6,9H,7-8H2,1-4H3,(H,15,16)(H,17,18). The van der Waals surface area contributed by atoms with E-state index in [1.54, 1.807) is 0 Å². The van der Waals surface area contributed by atoms with E-state index in [0.717, 1.165) is 12.3 Å². The van der Waals surface area contributed by atoms with Gasteiger partial charge in [0.15, 0.2) is 5.76 Å². The Morgan fingerprint density at radius 2 is 1.91 bits per heavy atom. The lowest BCUT2D eigenvalue weighted by Crippen LogP contribution is -2.41. The Labute approximate surface area is 129 Å². The van der Waals surface area contributed by atoms with Crippen LogP contribution < -0.4 is 5.32 Å². The Kier molecular flexibility index (Phi) is 5.39. The van der Waals surface area contributed by atoms with Crippen molar-refractivity contribution in [2.75, 3.05) is 6.26 Å². The highest BCUT2D eigenvalue weighted by molar-refractivity contribution is 7.90. The summed E-state index contributed by atoms with van der Waals surface area (Å²) in [4.78, 5) is 23.2. The van der Waals surface area contributed by atoms with E-state index in [2.05, 4.69) is 5.32 Å². The van der Waals surface area contributed by atoms with Gasteiger partial charge >= 0.3 is 5.97 Å². The van der Waals surface area contributed by atoms with Crippen LogP contribution in [0.5, 0.6) is 0 Å². The van der Waals surface area contributed by atoms with Gasteiger partial charge < -0.3 is 14.8 Å². The highest BCUT2D eigenvalue weighted by atomic mass is 32.2. The molecule has 0 bridgehead atoms. The largest absolute Gasteiger partial charge is 0.480 e. The number of sulfone groups is 1. The summed E-state index contributed by atoms with van der Waals surface area (Å²) in [6.45, 7) is 5.91. The molecule has 0 aliphatic heterocycles. The molecule has 1 amide bonds. The molecule has 8 heteroatoms. The topological polar surface area (TPSA) is 114 Å². The molecule has 7 nitrogen and oxygen atoms in total. The van der Waals surface area contributed by atoms with Gasteiger partial charge in [-0.05, 0) is 30.4 Å². The second-order valence-corrected chi connectivity index (χ2v) is 8.30. The minimum Gasteiger partial charge on any atom is -0.480 e. The summed E-state index contributed by atoms with van der Waals surface area (Å²) in [5, 5.41) is 11.2. The summed E-state index contributed by atoms with van der Waals surface area (Å²) >= 11 is 0. The molecule has 0 aromatic carbocycles. The molecule has 0 fully saturated rings. The number of nitrogens with one attached hydrogen (secondary N) is 1. The van der Waals surface area contributed by atoms with Gasteiger partial charge in [0.05, 0.1) is 0 Å². The number of carboxylic acid groups (broad SMARTS) is 1. The van der Waals surface area contributed by atoms with Crippen molar-refractivity contribution in [3.05, 3.63) is 17.9 Å². The summed E-state index contributed by atoms with van der Waals surface area (Å²) in [6, 6.07) is 1.31. The van der Waals surface area contributed by atoms with Crippen LogP contribution in [0.15, 0.2) is 21.6 Å². The molecule has 1 heterocycles. The molecule has 22 heavy (non-hydrogen) atoms. The van der Waals surface area contributed by atoms with Gasteiger partial charge in [-0.15, -0.1) is 0 Å². The molecule has 2 N–H and O–H groups in total. The van der Waals surface area contributed by atoms with E-state index < -0.39 is 27.8 Å². The van der Waals surface area contributed by atoms with E-state index >= 15 is 0 Å². The quantitative estimate of drug-likeness (QED) is 0.820. The molecule has 1 atom stereocenters. The van der Waals surface area contributed by atoms with Gasteiger partial charge in [-0.3, -0.25) is 4.79 Å². The SMILES string of the molecule is CC(C)(C)CCC(NC(=O)c1ccc(S(C)(=O)=O)o1)C(=O)O. The number of carbonyl (C=O) groups excluding carboxylic acids is 1. The van der Waals surface area contributed by atoms with Crippen LogP contribution in [-0.4, -0.2) is 37.7 Å². The number of hydrogen-bond acceptors (Lipinski definition) is 5. The average Bonchev–Trinajstić information content (AvgIpc) is 2.81. The summed E-state index contributed by atoms with van der Waals surface area (Å²) in [6.07, 6.45) is 1.83. The highest BCUT2D eigenvalue weighted by Gasteiger charge is 2.25. The minimum absolute atomic E-state index is 0.0629. The Hall–Kier alpha value is -1.83. The van der Waals surface area contributed by atoms with Gasteiger partial charge in [-0.2, -0.15) is 0 Å². The highest BCUT2D eigenvalue weighted by Crippen LogP contribution is 2.22. The van der Waals surface area contributed by atoms with Crippen LogP contribution in [0, 0.1) is 5.41 Å². The lowest BCUT2D eigenvalue weighted by Gasteiger charge is -2.21. The second-order valence-electron chi connectivity index (χ2n) is 6.35. The lowest BCUT2D eigenvalue weighted by molar-refractivity contribution is -0.139. The van der Waals surface area contributed by atoms with Crippen molar-refractivity contribution >= 4 is 21.7 Å². The Bertz CT molecular complexity index is 653. The minimum atomic E-state index is -3.55. The van der Waals surface area contributed by atoms with Crippen molar-refractivity contribution in [3.8, 4) is 0 Å². The number of rotatable bonds is 6. The van der Waals surface area contributed by atoms with Crippen LogP contribution in [0.2, 0.25) is 0 Å². The summed E-state index contributed by atoms with van der Waals surface area (Å²) in [5.41, 5.74) is -0.0629. The normalized spacial score (nSPS) is 13.6. The summed E-state index contributed by atoms with van der Waals surface area (Å²) < 4.78 is 27.5. The maximum absolute atomic E-state index is 12.0. The predicted octanol–water partition coefficient (Wildman–Crippen LogP) is 1.69. The third-order valence-electron chi connectivity index (χ3n) is 2.96. The Morgan fingerprint density at radius 3 is 2.32 bits per heavy atom. The Balaban J connectivity index is 2.79.